The van der Waals surface area contributed by atoms with E-state index in [1.807, 2.05) is 25.7 Å². The normalized spacial score (nSPS) is 22.8. The first kappa shape index (κ1) is 20.1. The minimum absolute atomic E-state index is 0.0144. The van der Waals surface area contributed by atoms with E-state index >= 15 is 0 Å². The van der Waals surface area contributed by atoms with E-state index in [0.717, 1.165) is 44.1 Å². The number of fused-ring (bicyclic) bond motifs is 1. The maximum Gasteiger partial charge on any atom is 0.410 e. The number of likely N-dealkylation sites (tertiary alicyclic amines) is 2. The summed E-state index contributed by atoms with van der Waals surface area (Å²) >= 11 is 0. The Hall–Kier alpha value is -2.16. The largest absolute Gasteiger partial charge is 0.444 e. The molecule has 2 fully saturated rings. The molecular weight excluding hydrogens is 372 g/mol. The van der Waals surface area contributed by atoms with Crippen LogP contribution in [0.2, 0.25) is 0 Å². The van der Waals surface area contributed by atoms with Crippen LogP contribution in [-0.4, -0.2) is 79.8 Å². The Bertz CT molecular complexity index is 765. The van der Waals surface area contributed by atoms with Gasteiger partial charge in [0.15, 0.2) is 11.6 Å². The molecule has 3 aliphatic heterocycles. The van der Waals surface area contributed by atoms with E-state index in [0.29, 0.717) is 26.2 Å². The summed E-state index contributed by atoms with van der Waals surface area (Å²) in [5.74, 6) is 1.81. The van der Waals surface area contributed by atoms with Gasteiger partial charge in [-0.1, -0.05) is 0 Å². The van der Waals surface area contributed by atoms with Gasteiger partial charge in [-0.05, 0) is 59.5 Å². The van der Waals surface area contributed by atoms with Gasteiger partial charge in [-0.2, -0.15) is 0 Å². The van der Waals surface area contributed by atoms with Crippen LogP contribution in [0.5, 0.6) is 0 Å². The van der Waals surface area contributed by atoms with Crippen LogP contribution in [0.25, 0.3) is 0 Å². The van der Waals surface area contributed by atoms with Gasteiger partial charge in [0.2, 0.25) is 5.91 Å². The maximum atomic E-state index is 12.9. The Morgan fingerprint density at radius 2 is 1.79 bits per heavy atom. The van der Waals surface area contributed by atoms with Crippen LogP contribution in [0.3, 0.4) is 0 Å². The second-order valence-electron chi connectivity index (χ2n) is 9.26. The first-order chi connectivity index (χ1) is 13.8. The molecule has 9 heteroatoms. The molecule has 0 aliphatic carbocycles. The van der Waals surface area contributed by atoms with Crippen molar-refractivity contribution in [1.82, 2.24) is 29.5 Å². The van der Waals surface area contributed by atoms with Crippen LogP contribution in [0.15, 0.2) is 0 Å². The molecule has 3 aliphatic rings. The smallest absolute Gasteiger partial charge is 0.410 e. The van der Waals surface area contributed by atoms with Gasteiger partial charge in [0.1, 0.15) is 5.60 Å². The predicted molar refractivity (Wildman–Crippen MR) is 106 cm³/mol. The second kappa shape index (κ2) is 7.93. The average molecular weight is 405 g/mol. The number of carbonyl (C=O) groups excluding carboxylic acids is 2. The van der Waals surface area contributed by atoms with Gasteiger partial charge < -0.3 is 14.2 Å². The fourth-order valence-corrected chi connectivity index (χ4v) is 4.47. The lowest BCUT2D eigenvalue weighted by molar-refractivity contribution is -0.133. The average Bonchev–Trinajstić information content (AvgIpc) is 3.39. The molecule has 29 heavy (non-hydrogen) atoms. The Balaban J connectivity index is 1.44. The highest BCUT2D eigenvalue weighted by molar-refractivity contribution is 5.79. The van der Waals surface area contributed by atoms with E-state index in [9.17, 15) is 9.59 Å². The number of hydrogen-bond donors (Lipinski definition) is 0. The van der Waals surface area contributed by atoms with E-state index in [-0.39, 0.29) is 18.0 Å². The SMILES string of the molecule is CC(C)(C)OC(=O)N1CCn2c(nnc2C2CCCN2C(=O)CN2CCCC2)C1. The van der Waals surface area contributed by atoms with Crippen molar-refractivity contribution in [3.05, 3.63) is 11.6 Å². The maximum absolute atomic E-state index is 12.9. The molecule has 2 amide bonds. The van der Waals surface area contributed by atoms with Crippen LogP contribution in [-0.2, 0) is 22.6 Å². The highest BCUT2D eigenvalue weighted by Gasteiger charge is 2.36. The van der Waals surface area contributed by atoms with E-state index in [2.05, 4.69) is 19.7 Å². The van der Waals surface area contributed by atoms with E-state index < -0.39 is 5.60 Å². The Kier molecular flexibility index (Phi) is 5.50. The number of amides is 2. The highest BCUT2D eigenvalue weighted by Crippen LogP contribution is 2.32. The number of aromatic nitrogens is 3. The summed E-state index contributed by atoms with van der Waals surface area (Å²) < 4.78 is 7.57. The van der Waals surface area contributed by atoms with Crippen LogP contribution in [0.4, 0.5) is 4.79 Å². The molecular formula is C20H32N6O3. The van der Waals surface area contributed by atoms with Crippen molar-refractivity contribution >= 4 is 12.0 Å². The van der Waals surface area contributed by atoms with Crippen LogP contribution >= 0.6 is 0 Å². The summed E-state index contributed by atoms with van der Waals surface area (Å²) in [6.45, 7) is 10.5. The summed E-state index contributed by atoms with van der Waals surface area (Å²) in [6, 6.07) is -0.0144. The number of nitrogens with zero attached hydrogens (tertiary/aromatic N) is 6. The summed E-state index contributed by atoms with van der Waals surface area (Å²) in [4.78, 5) is 31.2. The first-order valence-corrected chi connectivity index (χ1v) is 10.7. The third-order valence-electron chi connectivity index (χ3n) is 5.86. The number of rotatable bonds is 3. The van der Waals surface area contributed by atoms with Crippen molar-refractivity contribution in [2.45, 2.75) is 71.2 Å². The Morgan fingerprint density at radius 1 is 1.03 bits per heavy atom. The fourth-order valence-electron chi connectivity index (χ4n) is 4.47. The third kappa shape index (κ3) is 4.39. The number of hydrogen-bond acceptors (Lipinski definition) is 6. The molecule has 160 valence electrons. The highest BCUT2D eigenvalue weighted by atomic mass is 16.6. The number of ether oxygens (including phenoxy) is 1. The molecule has 0 saturated carbocycles. The molecule has 0 radical (unpaired) electrons. The van der Waals surface area contributed by atoms with Crippen molar-refractivity contribution in [3.8, 4) is 0 Å². The molecule has 1 aromatic rings. The van der Waals surface area contributed by atoms with Gasteiger partial charge >= 0.3 is 6.09 Å². The van der Waals surface area contributed by atoms with Gasteiger partial charge in [0, 0.05) is 19.6 Å². The standard InChI is InChI=1S/C20H32N6O3/c1-20(2,3)29-19(28)24-11-12-26-16(13-24)21-22-18(26)15-7-6-10-25(15)17(27)14-23-8-4-5-9-23/h15H,4-14H2,1-3H3. The predicted octanol–water partition coefficient (Wildman–Crippen LogP) is 1.79. The number of carbonyl (C=O) groups is 2. The molecule has 1 unspecified atom stereocenters. The lowest BCUT2D eigenvalue weighted by Crippen LogP contribution is -2.43. The molecule has 9 nitrogen and oxygen atoms in total. The fraction of sp³-hybridized carbons (Fsp3) is 0.800. The summed E-state index contributed by atoms with van der Waals surface area (Å²) in [7, 11) is 0. The lowest BCUT2D eigenvalue weighted by atomic mass is 10.2. The van der Waals surface area contributed by atoms with Gasteiger partial charge in [0.25, 0.3) is 0 Å². The monoisotopic (exact) mass is 404 g/mol. The van der Waals surface area contributed by atoms with Gasteiger partial charge in [-0.3, -0.25) is 14.6 Å². The van der Waals surface area contributed by atoms with Crippen molar-refractivity contribution in [2.75, 3.05) is 32.7 Å². The van der Waals surface area contributed by atoms with E-state index in [4.69, 9.17) is 4.74 Å². The summed E-state index contributed by atoms with van der Waals surface area (Å²) in [5, 5.41) is 8.78. The van der Waals surface area contributed by atoms with Crippen molar-refractivity contribution in [2.24, 2.45) is 0 Å². The zero-order valence-corrected chi connectivity index (χ0v) is 17.8. The zero-order valence-electron chi connectivity index (χ0n) is 17.8. The van der Waals surface area contributed by atoms with Crippen LogP contribution in [0.1, 0.15) is 64.1 Å². The van der Waals surface area contributed by atoms with Gasteiger partial charge in [0.05, 0.1) is 19.1 Å². The second-order valence-corrected chi connectivity index (χ2v) is 9.26. The molecule has 4 heterocycles. The van der Waals surface area contributed by atoms with Crippen molar-refractivity contribution < 1.29 is 14.3 Å². The van der Waals surface area contributed by atoms with E-state index in [1.54, 1.807) is 4.90 Å². The van der Waals surface area contributed by atoms with E-state index in [1.165, 1.54) is 12.8 Å². The van der Waals surface area contributed by atoms with Crippen LogP contribution in [0, 0.1) is 0 Å². The molecule has 1 aromatic heterocycles. The third-order valence-corrected chi connectivity index (χ3v) is 5.86. The summed E-state index contributed by atoms with van der Waals surface area (Å²) in [6.07, 6.45) is 3.95. The van der Waals surface area contributed by atoms with Crippen LogP contribution < -0.4 is 0 Å². The quantitative estimate of drug-likeness (QED) is 0.764. The summed E-state index contributed by atoms with van der Waals surface area (Å²) in [5.41, 5.74) is -0.520. The lowest BCUT2D eigenvalue weighted by Gasteiger charge is -2.31. The molecule has 0 N–H and O–H groups in total. The Morgan fingerprint density at radius 3 is 2.52 bits per heavy atom. The van der Waals surface area contributed by atoms with Crippen molar-refractivity contribution in [1.29, 1.82) is 0 Å². The van der Waals surface area contributed by atoms with Crippen molar-refractivity contribution in [3.63, 3.8) is 0 Å². The molecule has 0 aromatic carbocycles. The molecule has 0 spiro atoms. The van der Waals surface area contributed by atoms with Gasteiger partial charge in [-0.25, -0.2) is 4.79 Å². The first-order valence-electron chi connectivity index (χ1n) is 10.7. The molecule has 1 atom stereocenters. The molecule has 2 saturated heterocycles. The minimum atomic E-state index is -0.520. The van der Waals surface area contributed by atoms with Gasteiger partial charge in [-0.15, -0.1) is 10.2 Å². The minimum Gasteiger partial charge on any atom is -0.444 e. The topological polar surface area (TPSA) is 83.8 Å². The molecule has 4 rings (SSSR count). The zero-order chi connectivity index (χ0) is 20.6. The molecule has 0 bridgehead atoms. The Labute approximate surface area is 172 Å².